The quantitative estimate of drug-likeness (QED) is 0.662. The highest BCUT2D eigenvalue weighted by molar-refractivity contribution is 7.89. The lowest BCUT2D eigenvalue weighted by Gasteiger charge is -2.16. The van der Waals surface area contributed by atoms with Crippen LogP contribution in [0.3, 0.4) is 0 Å². The topological polar surface area (TPSA) is 72.6 Å². The van der Waals surface area contributed by atoms with E-state index in [1.54, 1.807) is 44.4 Å². The molecule has 7 heteroatoms. The molecule has 0 N–H and O–H groups in total. The van der Waals surface area contributed by atoms with E-state index in [1.807, 2.05) is 24.3 Å². The highest BCUT2D eigenvalue weighted by Gasteiger charge is 2.23. The third-order valence-electron chi connectivity index (χ3n) is 4.05. The van der Waals surface area contributed by atoms with Gasteiger partial charge >= 0.3 is 0 Å². The van der Waals surface area contributed by atoms with Crippen molar-refractivity contribution in [2.45, 2.75) is 18.4 Å². The number of oxazole rings is 1. The molecular formula is C19H20N2O4S. The van der Waals surface area contributed by atoms with Gasteiger partial charge in [0.15, 0.2) is 0 Å². The zero-order chi connectivity index (χ0) is 18.7. The van der Waals surface area contributed by atoms with Gasteiger partial charge in [-0.2, -0.15) is 4.31 Å². The van der Waals surface area contributed by atoms with Crippen molar-refractivity contribution in [3.63, 3.8) is 0 Å². The smallest absolute Gasteiger partial charge is 0.243 e. The summed E-state index contributed by atoms with van der Waals surface area (Å²) in [5, 5.41) is 0. The summed E-state index contributed by atoms with van der Waals surface area (Å²) in [5.74, 6) is 1.62. The Balaban J connectivity index is 1.89. The Labute approximate surface area is 153 Å². The third kappa shape index (κ3) is 3.49. The molecule has 0 aliphatic carbocycles. The Kier molecular flexibility index (Phi) is 5.11. The van der Waals surface area contributed by atoms with Gasteiger partial charge in [-0.3, -0.25) is 0 Å². The molecule has 136 valence electrons. The molecule has 3 rings (SSSR count). The van der Waals surface area contributed by atoms with Crippen LogP contribution in [0.5, 0.6) is 5.75 Å². The highest BCUT2D eigenvalue weighted by Crippen LogP contribution is 2.30. The van der Waals surface area contributed by atoms with Crippen LogP contribution < -0.4 is 4.74 Å². The predicted octanol–water partition coefficient (Wildman–Crippen LogP) is 3.48. The minimum absolute atomic E-state index is 0.113. The predicted molar refractivity (Wildman–Crippen MR) is 98.3 cm³/mol. The number of methoxy groups -OCH3 is 1. The van der Waals surface area contributed by atoms with E-state index in [-0.39, 0.29) is 11.4 Å². The first kappa shape index (κ1) is 18.2. The maximum atomic E-state index is 12.7. The SMILES string of the molecule is COc1ccccc1-c1nc(CN(C)S(=O)(=O)c2ccccc2)c(C)o1. The monoisotopic (exact) mass is 372 g/mol. The molecule has 2 aromatic carbocycles. The van der Waals surface area contributed by atoms with E-state index >= 15 is 0 Å². The maximum absolute atomic E-state index is 12.7. The standard InChI is InChI=1S/C19H20N2O4S/c1-14-17(13-21(2)26(22,23)15-9-5-4-6-10-15)20-19(25-14)16-11-7-8-12-18(16)24-3/h4-12H,13H2,1-3H3. The van der Waals surface area contributed by atoms with Crippen molar-refractivity contribution >= 4 is 10.0 Å². The van der Waals surface area contributed by atoms with Crippen molar-refractivity contribution in [3.8, 4) is 17.2 Å². The van der Waals surface area contributed by atoms with Crippen molar-refractivity contribution in [3.05, 3.63) is 66.1 Å². The van der Waals surface area contributed by atoms with Crippen molar-refractivity contribution in [1.29, 1.82) is 0 Å². The summed E-state index contributed by atoms with van der Waals surface area (Å²) in [6.07, 6.45) is 0. The molecule has 0 radical (unpaired) electrons. The molecule has 3 aromatic rings. The molecule has 0 saturated carbocycles. The Bertz CT molecular complexity index is 997. The number of sulfonamides is 1. The van der Waals surface area contributed by atoms with Crippen LogP contribution in [-0.4, -0.2) is 31.9 Å². The number of nitrogens with zero attached hydrogens (tertiary/aromatic N) is 2. The number of para-hydroxylation sites is 1. The number of ether oxygens (including phenoxy) is 1. The first-order chi connectivity index (χ1) is 12.4. The van der Waals surface area contributed by atoms with Crippen molar-refractivity contribution in [2.24, 2.45) is 0 Å². The molecule has 6 nitrogen and oxygen atoms in total. The average Bonchev–Trinajstić information content (AvgIpc) is 3.02. The van der Waals surface area contributed by atoms with E-state index in [0.29, 0.717) is 23.1 Å². The second-order valence-electron chi connectivity index (χ2n) is 5.80. The lowest BCUT2D eigenvalue weighted by molar-refractivity contribution is 0.414. The molecule has 0 atom stereocenters. The molecular weight excluding hydrogens is 352 g/mol. The van der Waals surface area contributed by atoms with Gasteiger partial charge in [0.1, 0.15) is 11.5 Å². The molecule has 0 fully saturated rings. The van der Waals surface area contributed by atoms with Crippen LogP contribution in [0.1, 0.15) is 11.5 Å². The average molecular weight is 372 g/mol. The van der Waals surface area contributed by atoms with E-state index in [0.717, 1.165) is 5.56 Å². The first-order valence-corrected chi connectivity index (χ1v) is 9.48. The van der Waals surface area contributed by atoms with Gasteiger partial charge in [0.2, 0.25) is 15.9 Å². The van der Waals surface area contributed by atoms with Gasteiger partial charge in [-0.1, -0.05) is 30.3 Å². The molecule has 1 heterocycles. The summed E-state index contributed by atoms with van der Waals surface area (Å²) in [5.41, 5.74) is 1.28. The van der Waals surface area contributed by atoms with Gasteiger partial charge in [-0.25, -0.2) is 13.4 Å². The molecule has 0 bridgehead atoms. The van der Waals surface area contributed by atoms with Crippen molar-refractivity contribution in [1.82, 2.24) is 9.29 Å². The molecule has 0 saturated heterocycles. The van der Waals surface area contributed by atoms with E-state index < -0.39 is 10.0 Å². The highest BCUT2D eigenvalue weighted by atomic mass is 32.2. The number of benzene rings is 2. The van der Waals surface area contributed by atoms with Gasteiger partial charge in [0, 0.05) is 7.05 Å². The Morgan fingerprint density at radius 2 is 1.73 bits per heavy atom. The van der Waals surface area contributed by atoms with E-state index in [4.69, 9.17) is 9.15 Å². The summed E-state index contributed by atoms with van der Waals surface area (Å²) in [6.45, 7) is 1.88. The fourth-order valence-electron chi connectivity index (χ4n) is 2.58. The zero-order valence-corrected chi connectivity index (χ0v) is 15.7. The normalized spacial score (nSPS) is 11.7. The molecule has 0 aliphatic rings. The summed E-state index contributed by atoms with van der Waals surface area (Å²) in [7, 11) is -0.489. The fourth-order valence-corrected chi connectivity index (χ4v) is 3.73. The molecule has 26 heavy (non-hydrogen) atoms. The molecule has 0 amide bonds. The largest absolute Gasteiger partial charge is 0.496 e. The summed E-state index contributed by atoms with van der Waals surface area (Å²) < 4.78 is 37.7. The maximum Gasteiger partial charge on any atom is 0.243 e. The van der Waals surface area contributed by atoms with Crippen LogP contribution in [0, 0.1) is 6.92 Å². The second kappa shape index (κ2) is 7.31. The van der Waals surface area contributed by atoms with Crippen LogP contribution in [0.15, 0.2) is 63.9 Å². The lowest BCUT2D eigenvalue weighted by atomic mass is 10.2. The number of rotatable bonds is 6. The van der Waals surface area contributed by atoms with Crippen molar-refractivity contribution in [2.75, 3.05) is 14.2 Å². The number of hydrogen-bond acceptors (Lipinski definition) is 5. The third-order valence-corrected chi connectivity index (χ3v) is 5.87. The van der Waals surface area contributed by atoms with Crippen molar-refractivity contribution < 1.29 is 17.6 Å². The van der Waals surface area contributed by atoms with Gasteiger partial charge in [0.05, 0.1) is 29.8 Å². The Morgan fingerprint density at radius 3 is 2.42 bits per heavy atom. The van der Waals surface area contributed by atoms with Crippen LogP contribution in [-0.2, 0) is 16.6 Å². The number of aromatic nitrogens is 1. The van der Waals surface area contributed by atoms with E-state index in [2.05, 4.69) is 4.98 Å². The zero-order valence-electron chi connectivity index (χ0n) is 14.8. The molecule has 1 aromatic heterocycles. The van der Waals surface area contributed by atoms with E-state index in [1.165, 1.54) is 11.4 Å². The number of hydrogen-bond donors (Lipinski definition) is 0. The fraction of sp³-hybridized carbons (Fsp3) is 0.211. The van der Waals surface area contributed by atoms with Gasteiger partial charge in [-0.05, 0) is 31.2 Å². The van der Waals surface area contributed by atoms with Crippen LogP contribution >= 0.6 is 0 Å². The van der Waals surface area contributed by atoms with Crippen LogP contribution in [0.2, 0.25) is 0 Å². The molecule has 0 aliphatic heterocycles. The van der Waals surface area contributed by atoms with Gasteiger partial charge in [0.25, 0.3) is 0 Å². The minimum Gasteiger partial charge on any atom is -0.496 e. The van der Waals surface area contributed by atoms with Crippen LogP contribution in [0.25, 0.3) is 11.5 Å². The van der Waals surface area contributed by atoms with Crippen LogP contribution in [0.4, 0.5) is 0 Å². The summed E-state index contributed by atoms with van der Waals surface area (Å²) in [4.78, 5) is 4.73. The molecule has 0 unspecified atom stereocenters. The second-order valence-corrected chi connectivity index (χ2v) is 7.84. The minimum atomic E-state index is -3.60. The Hall–Kier alpha value is -2.64. The van der Waals surface area contributed by atoms with E-state index in [9.17, 15) is 8.42 Å². The number of aryl methyl sites for hydroxylation is 1. The summed E-state index contributed by atoms with van der Waals surface area (Å²) in [6, 6.07) is 15.7. The summed E-state index contributed by atoms with van der Waals surface area (Å²) >= 11 is 0. The molecule has 0 spiro atoms. The lowest BCUT2D eigenvalue weighted by Crippen LogP contribution is -2.26. The Morgan fingerprint density at radius 1 is 1.08 bits per heavy atom. The van der Waals surface area contributed by atoms with Gasteiger partial charge in [-0.15, -0.1) is 0 Å². The van der Waals surface area contributed by atoms with Gasteiger partial charge < -0.3 is 9.15 Å². The first-order valence-electron chi connectivity index (χ1n) is 8.04.